The highest BCUT2D eigenvalue weighted by Gasteiger charge is 2.19. The second kappa shape index (κ2) is 7.98. The number of methoxy groups -OCH3 is 1. The predicted molar refractivity (Wildman–Crippen MR) is 71.1 cm³/mol. The van der Waals surface area contributed by atoms with Gasteiger partial charge in [0.25, 0.3) is 0 Å². The monoisotopic (exact) mass is 260 g/mol. The summed E-state index contributed by atoms with van der Waals surface area (Å²) in [6, 6.07) is 0. The van der Waals surface area contributed by atoms with Crippen molar-refractivity contribution >= 4 is 17.7 Å². The molecule has 0 radical (unpaired) electrons. The van der Waals surface area contributed by atoms with Crippen molar-refractivity contribution in [3.8, 4) is 0 Å². The fraction of sp³-hybridized carbons (Fsp3) is 0.923. The van der Waals surface area contributed by atoms with Crippen LogP contribution < -0.4 is 0 Å². The van der Waals surface area contributed by atoms with Gasteiger partial charge in [0.05, 0.1) is 19.6 Å². The molecular formula is C13H24O3S. The van der Waals surface area contributed by atoms with Crippen molar-refractivity contribution in [3.05, 3.63) is 0 Å². The first-order valence-corrected chi connectivity index (χ1v) is 7.53. The van der Waals surface area contributed by atoms with Crippen LogP contribution in [0.15, 0.2) is 0 Å². The normalized spacial score (nSPS) is 20.2. The van der Waals surface area contributed by atoms with Gasteiger partial charge in [0.2, 0.25) is 0 Å². The molecule has 1 fully saturated rings. The van der Waals surface area contributed by atoms with Gasteiger partial charge in [-0.25, -0.2) is 0 Å². The summed E-state index contributed by atoms with van der Waals surface area (Å²) >= 11 is 1.66. The van der Waals surface area contributed by atoms with E-state index in [0.717, 1.165) is 18.1 Å². The van der Waals surface area contributed by atoms with Gasteiger partial charge in [-0.1, -0.05) is 32.6 Å². The molecule has 2 atom stereocenters. The fourth-order valence-electron chi connectivity index (χ4n) is 2.35. The molecule has 3 nitrogen and oxygen atoms in total. The SMILES string of the molecule is COC(=O)CC(C)SCC(O)CC1CCCC1. The summed E-state index contributed by atoms with van der Waals surface area (Å²) in [5.74, 6) is 1.28. The van der Waals surface area contributed by atoms with Crippen LogP contribution in [0.3, 0.4) is 0 Å². The molecule has 100 valence electrons. The first kappa shape index (κ1) is 14.8. The first-order chi connectivity index (χ1) is 8.11. The number of ether oxygens (including phenoxy) is 1. The van der Waals surface area contributed by atoms with Gasteiger partial charge in [0.1, 0.15) is 0 Å². The van der Waals surface area contributed by atoms with E-state index in [4.69, 9.17) is 0 Å². The minimum absolute atomic E-state index is 0.171. The Bertz CT molecular complexity index is 227. The molecule has 1 aliphatic rings. The van der Waals surface area contributed by atoms with E-state index < -0.39 is 0 Å². The van der Waals surface area contributed by atoms with Crippen LogP contribution in [0, 0.1) is 5.92 Å². The molecule has 0 amide bonds. The number of carbonyl (C=O) groups excluding carboxylic acids is 1. The average Bonchev–Trinajstić information content (AvgIpc) is 2.79. The topological polar surface area (TPSA) is 46.5 Å². The summed E-state index contributed by atoms with van der Waals surface area (Å²) < 4.78 is 4.62. The second-order valence-corrected chi connectivity index (χ2v) is 6.44. The zero-order chi connectivity index (χ0) is 12.7. The van der Waals surface area contributed by atoms with Crippen molar-refractivity contribution in [2.45, 2.75) is 56.8 Å². The van der Waals surface area contributed by atoms with E-state index in [1.54, 1.807) is 11.8 Å². The summed E-state index contributed by atoms with van der Waals surface area (Å²) in [6.07, 6.45) is 6.34. The van der Waals surface area contributed by atoms with E-state index in [1.165, 1.54) is 32.8 Å². The molecule has 0 spiro atoms. The summed E-state index contributed by atoms with van der Waals surface area (Å²) in [5, 5.41) is 10.1. The van der Waals surface area contributed by atoms with Crippen LogP contribution in [-0.2, 0) is 9.53 Å². The summed E-state index contributed by atoms with van der Waals surface area (Å²) in [5.41, 5.74) is 0. The van der Waals surface area contributed by atoms with Crippen LogP contribution in [0.1, 0.15) is 45.4 Å². The number of hydrogen-bond donors (Lipinski definition) is 1. The third-order valence-corrected chi connectivity index (χ3v) is 4.65. The smallest absolute Gasteiger partial charge is 0.306 e. The van der Waals surface area contributed by atoms with Gasteiger partial charge < -0.3 is 9.84 Å². The molecule has 1 N–H and O–H groups in total. The molecule has 1 rings (SSSR count). The van der Waals surface area contributed by atoms with E-state index in [9.17, 15) is 9.90 Å². The zero-order valence-electron chi connectivity index (χ0n) is 10.9. The highest BCUT2D eigenvalue weighted by atomic mass is 32.2. The van der Waals surface area contributed by atoms with E-state index >= 15 is 0 Å². The van der Waals surface area contributed by atoms with Gasteiger partial charge in [-0.2, -0.15) is 11.8 Å². The zero-order valence-corrected chi connectivity index (χ0v) is 11.7. The Morgan fingerprint density at radius 2 is 2.12 bits per heavy atom. The maximum atomic E-state index is 11.0. The molecule has 1 aliphatic carbocycles. The van der Waals surface area contributed by atoms with Crippen molar-refractivity contribution in [2.75, 3.05) is 12.9 Å². The number of hydrogen-bond acceptors (Lipinski definition) is 4. The Kier molecular flexibility index (Phi) is 6.97. The Balaban J connectivity index is 2.09. The highest BCUT2D eigenvalue weighted by molar-refractivity contribution is 7.99. The molecule has 0 saturated heterocycles. The molecule has 4 heteroatoms. The maximum Gasteiger partial charge on any atom is 0.306 e. The summed E-state index contributed by atoms with van der Waals surface area (Å²) in [4.78, 5) is 11.0. The van der Waals surface area contributed by atoms with Gasteiger partial charge in [-0.3, -0.25) is 4.79 Å². The highest BCUT2D eigenvalue weighted by Crippen LogP contribution is 2.29. The number of rotatable bonds is 7. The molecule has 1 saturated carbocycles. The largest absolute Gasteiger partial charge is 0.469 e. The molecule has 0 aliphatic heterocycles. The molecule has 17 heavy (non-hydrogen) atoms. The quantitative estimate of drug-likeness (QED) is 0.715. The molecule has 0 bridgehead atoms. The Morgan fingerprint density at radius 1 is 1.47 bits per heavy atom. The van der Waals surface area contributed by atoms with E-state index in [-0.39, 0.29) is 17.3 Å². The lowest BCUT2D eigenvalue weighted by Crippen LogP contribution is -2.17. The van der Waals surface area contributed by atoms with Crippen LogP contribution >= 0.6 is 11.8 Å². The fourth-order valence-corrected chi connectivity index (χ4v) is 3.29. The lowest BCUT2D eigenvalue weighted by Gasteiger charge is -2.17. The molecule has 2 unspecified atom stereocenters. The third kappa shape index (κ3) is 6.32. The van der Waals surface area contributed by atoms with Gasteiger partial charge in [0.15, 0.2) is 0 Å². The van der Waals surface area contributed by atoms with Crippen LogP contribution in [0.4, 0.5) is 0 Å². The van der Waals surface area contributed by atoms with Gasteiger partial charge in [-0.05, 0) is 12.3 Å². The molecular weight excluding hydrogens is 236 g/mol. The Labute approximate surface area is 108 Å². The van der Waals surface area contributed by atoms with Crippen molar-refractivity contribution in [3.63, 3.8) is 0 Å². The first-order valence-electron chi connectivity index (χ1n) is 6.48. The molecule has 0 aromatic rings. The Morgan fingerprint density at radius 3 is 2.71 bits per heavy atom. The number of aliphatic hydroxyl groups is 1. The van der Waals surface area contributed by atoms with Crippen LogP contribution in [0.5, 0.6) is 0 Å². The number of thioether (sulfide) groups is 1. The molecule has 0 aromatic heterocycles. The minimum atomic E-state index is -0.219. The van der Waals surface area contributed by atoms with E-state index in [1.807, 2.05) is 6.92 Å². The maximum absolute atomic E-state index is 11.0. The average molecular weight is 260 g/mol. The molecule has 0 heterocycles. The lowest BCUT2D eigenvalue weighted by molar-refractivity contribution is -0.140. The van der Waals surface area contributed by atoms with Gasteiger partial charge >= 0.3 is 5.97 Å². The minimum Gasteiger partial charge on any atom is -0.469 e. The number of carbonyl (C=O) groups is 1. The van der Waals surface area contributed by atoms with Crippen molar-refractivity contribution in [1.82, 2.24) is 0 Å². The van der Waals surface area contributed by atoms with Crippen LogP contribution in [0.25, 0.3) is 0 Å². The lowest BCUT2D eigenvalue weighted by atomic mass is 10.0. The number of aliphatic hydroxyl groups excluding tert-OH is 1. The molecule has 0 aromatic carbocycles. The summed E-state index contributed by atoms with van der Waals surface area (Å²) in [7, 11) is 1.41. The van der Waals surface area contributed by atoms with E-state index in [2.05, 4.69) is 4.74 Å². The third-order valence-electron chi connectivity index (χ3n) is 3.34. The second-order valence-electron chi connectivity index (χ2n) is 4.96. The van der Waals surface area contributed by atoms with Crippen LogP contribution in [0.2, 0.25) is 0 Å². The van der Waals surface area contributed by atoms with Crippen LogP contribution in [-0.4, -0.2) is 35.3 Å². The van der Waals surface area contributed by atoms with Gasteiger partial charge in [-0.15, -0.1) is 0 Å². The van der Waals surface area contributed by atoms with Gasteiger partial charge in [0, 0.05) is 11.0 Å². The number of esters is 1. The summed E-state index contributed by atoms with van der Waals surface area (Å²) in [6.45, 7) is 2.00. The van der Waals surface area contributed by atoms with Crippen molar-refractivity contribution in [1.29, 1.82) is 0 Å². The van der Waals surface area contributed by atoms with Crippen molar-refractivity contribution < 1.29 is 14.6 Å². The standard InChI is InChI=1S/C13H24O3S/c1-10(7-13(15)16-2)17-9-12(14)8-11-5-3-4-6-11/h10-12,14H,3-9H2,1-2H3. The Hall–Kier alpha value is -0.220. The van der Waals surface area contributed by atoms with E-state index in [0.29, 0.717) is 6.42 Å². The predicted octanol–water partition coefficient (Wildman–Crippen LogP) is 2.61. The van der Waals surface area contributed by atoms with Crippen molar-refractivity contribution in [2.24, 2.45) is 5.92 Å².